The first kappa shape index (κ1) is 27.8. The predicted molar refractivity (Wildman–Crippen MR) is 153 cm³/mol. The number of nitrogens with zero attached hydrogens (tertiary/aromatic N) is 2. The summed E-state index contributed by atoms with van der Waals surface area (Å²) < 4.78 is 11.6. The van der Waals surface area contributed by atoms with Crippen molar-refractivity contribution in [3.63, 3.8) is 0 Å². The molecule has 1 heterocycles. The fourth-order valence-corrected chi connectivity index (χ4v) is 4.48. The zero-order valence-electron chi connectivity index (χ0n) is 22.6. The molecule has 3 aromatic carbocycles. The lowest BCUT2D eigenvalue weighted by molar-refractivity contribution is -0.117. The van der Waals surface area contributed by atoms with Crippen molar-refractivity contribution in [1.29, 1.82) is 0 Å². The number of aliphatic imine (C=N–C) groups is 1. The van der Waals surface area contributed by atoms with E-state index in [4.69, 9.17) is 9.47 Å². The molecular weight excluding hydrogens is 496 g/mol. The van der Waals surface area contributed by atoms with Gasteiger partial charge in [-0.25, -0.2) is 0 Å². The molecule has 9 heteroatoms. The number of rotatable bonds is 11. The Bertz CT molecular complexity index is 1370. The summed E-state index contributed by atoms with van der Waals surface area (Å²) >= 11 is 0. The van der Waals surface area contributed by atoms with Crippen molar-refractivity contribution in [1.82, 2.24) is 5.32 Å². The van der Waals surface area contributed by atoms with Crippen molar-refractivity contribution >= 4 is 35.5 Å². The number of aliphatic hydroxyl groups is 1. The van der Waals surface area contributed by atoms with Gasteiger partial charge in [0.15, 0.2) is 17.8 Å². The van der Waals surface area contributed by atoms with Gasteiger partial charge in [0, 0.05) is 36.3 Å². The fourth-order valence-electron chi connectivity index (χ4n) is 4.48. The van der Waals surface area contributed by atoms with E-state index in [2.05, 4.69) is 32.7 Å². The maximum absolute atomic E-state index is 12.3. The number of carbonyl (C=O) groups is 2. The van der Waals surface area contributed by atoms with Crippen LogP contribution in [-0.4, -0.2) is 56.8 Å². The number of hydrogen-bond acceptors (Lipinski definition) is 8. The molecule has 1 aliphatic rings. The van der Waals surface area contributed by atoms with Crippen LogP contribution < -0.4 is 25.0 Å². The molecule has 0 spiro atoms. The van der Waals surface area contributed by atoms with Gasteiger partial charge < -0.3 is 30.1 Å². The summed E-state index contributed by atoms with van der Waals surface area (Å²) in [4.78, 5) is 31.0. The molecule has 0 saturated carbocycles. The van der Waals surface area contributed by atoms with E-state index < -0.39 is 0 Å². The van der Waals surface area contributed by atoms with Gasteiger partial charge in [0.1, 0.15) is 6.61 Å². The molecule has 1 aliphatic heterocycles. The number of hydrogen-bond donors (Lipinski definition) is 3. The summed E-state index contributed by atoms with van der Waals surface area (Å²) in [5, 5.41) is 15.5. The van der Waals surface area contributed by atoms with Gasteiger partial charge in [-0.15, -0.1) is 0 Å². The Kier molecular flexibility index (Phi) is 8.96. The lowest BCUT2D eigenvalue weighted by Gasteiger charge is -2.19. The first-order valence-corrected chi connectivity index (χ1v) is 12.7. The lowest BCUT2D eigenvalue weighted by Crippen LogP contribution is -2.35. The van der Waals surface area contributed by atoms with Crippen LogP contribution in [0.25, 0.3) is 0 Å². The highest BCUT2D eigenvalue weighted by molar-refractivity contribution is 5.94. The molecule has 0 bridgehead atoms. The minimum atomic E-state index is -0.375. The average molecular weight is 531 g/mol. The summed E-state index contributed by atoms with van der Waals surface area (Å²) in [6.07, 6.45) is 3.43. The number of amides is 1. The molecule has 0 aromatic heterocycles. The van der Waals surface area contributed by atoms with Gasteiger partial charge in [-0.05, 0) is 67.4 Å². The van der Waals surface area contributed by atoms with Crippen LogP contribution in [0, 0.1) is 0 Å². The van der Waals surface area contributed by atoms with Gasteiger partial charge in [-0.2, -0.15) is 0 Å². The number of ether oxygens (including phenoxy) is 2. The van der Waals surface area contributed by atoms with Gasteiger partial charge >= 0.3 is 0 Å². The predicted octanol–water partition coefficient (Wildman–Crippen LogP) is 3.89. The van der Waals surface area contributed by atoms with E-state index in [-0.39, 0.29) is 31.2 Å². The number of aldehydes is 1. The van der Waals surface area contributed by atoms with Gasteiger partial charge in [0.05, 0.1) is 31.5 Å². The average Bonchev–Trinajstić information content (AvgIpc) is 3.29. The molecule has 9 nitrogen and oxygen atoms in total. The summed E-state index contributed by atoms with van der Waals surface area (Å²) in [5.74, 6) is 0.627. The summed E-state index contributed by atoms with van der Waals surface area (Å²) in [5.41, 5.74) is 5.23. The molecule has 0 saturated heterocycles. The van der Waals surface area contributed by atoms with Crippen molar-refractivity contribution in [2.45, 2.75) is 38.6 Å². The summed E-state index contributed by atoms with van der Waals surface area (Å²) in [7, 11) is 5.25. The molecule has 39 heavy (non-hydrogen) atoms. The molecule has 0 aliphatic carbocycles. The topological polar surface area (TPSA) is 112 Å². The van der Waals surface area contributed by atoms with Crippen LogP contribution in [0.4, 0.5) is 17.1 Å². The van der Waals surface area contributed by atoms with Crippen LogP contribution in [-0.2, 0) is 24.4 Å². The number of methoxy groups -OCH3 is 1. The second kappa shape index (κ2) is 12.6. The third kappa shape index (κ3) is 6.45. The number of anilines is 2. The maximum atomic E-state index is 12.3. The van der Waals surface area contributed by atoms with Crippen LogP contribution in [0.5, 0.6) is 11.5 Å². The molecular formula is C30H34N4O5. The molecule has 1 amide bonds. The Morgan fingerprint density at radius 1 is 1.18 bits per heavy atom. The normalized spacial score (nSPS) is 15.2. The molecule has 204 valence electrons. The van der Waals surface area contributed by atoms with Crippen molar-refractivity contribution in [2.75, 3.05) is 31.4 Å². The first-order chi connectivity index (χ1) is 18.9. The molecule has 0 fully saturated rings. The van der Waals surface area contributed by atoms with E-state index in [9.17, 15) is 14.7 Å². The standard InChI is InChI=1S/C30H34N4O5/c1-19(31-2)30(37)33-24-10-20(16-35)9-21(11-24)18-39-29-14-26(23(17-36)13-28(29)38-4)32-15-25-12-22-7-5-6-8-27(22)34(25)3/h5-11,13-15,17,19,25,31,35H,12,16,18H2,1-4H3,(H,33,37)/b32-15-/t19-,25-/m0/s1. The first-order valence-electron chi connectivity index (χ1n) is 12.7. The molecule has 3 aromatic rings. The van der Waals surface area contributed by atoms with E-state index in [1.54, 1.807) is 44.3 Å². The van der Waals surface area contributed by atoms with E-state index in [0.717, 1.165) is 18.3 Å². The van der Waals surface area contributed by atoms with E-state index >= 15 is 0 Å². The second-order valence-corrected chi connectivity index (χ2v) is 9.45. The van der Waals surface area contributed by atoms with Crippen molar-refractivity contribution in [3.8, 4) is 11.5 Å². The molecule has 3 N–H and O–H groups in total. The zero-order chi connectivity index (χ0) is 27.9. The number of fused-ring (bicyclic) bond motifs is 1. The van der Waals surface area contributed by atoms with E-state index in [1.165, 1.54) is 18.4 Å². The SMILES string of the molecule is CN[C@@H](C)C(=O)Nc1cc(CO)cc(COc2cc(/N=C\[C@@H]3Cc4ccccc4N3C)c(C=O)cc2OC)c1. The largest absolute Gasteiger partial charge is 0.493 e. The Morgan fingerprint density at radius 2 is 1.95 bits per heavy atom. The highest BCUT2D eigenvalue weighted by Gasteiger charge is 2.24. The Hall–Kier alpha value is -4.21. The second-order valence-electron chi connectivity index (χ2n) is 9.45. The smallest absolute Gasteiger partial charge is 0.241 e. The van der Waals surface area contributed by atoms with Gasteiger partial charge in [-0.1, -0.05) is 18.2 Å². The highest BCUT2D eigenvalue weighted by Crippen LogP contribution is 2.36. The van der Waals surface area contributed by atoms with Gasteiger partial charge in [-0.3, -0.25) is 14.6 Å². The highest BCUT2D eigenvalue weighted by atomic mass is 16.5. The van der Waals surface area contributed by atoms with Crippen LogP contribution in [0.2, 0.25) is 0 Å². The molecule has 2 atom stereocenters. The van der Waals surface area contributed by atoms with Crippen LogP contribution >= 0.6 is 0 Å². The molecule has 4 rings (SSSR count). The Morgan fingerprint density at radius 3 is 2.64 bits per heavy atom. The number of likely N-dealkylation sites (N-methyl/N-ethyl adjacent to an activating group) is 2. The monoisotopic (exact) mass is 530 g/mol. The number of carbonyl (C=O) groups excluding carboxylic acids is 2. The van der Waals surface area contributed by atoms with Crippen molar-refractivity contribution in [3.05, 3.63) is 76.9 Å². The zero-order valence-corrected chi connectivity index (χ0v) is 22.6. The minimum absolute atomic E-state index is 0.0638. The molecule has 0 unspecified atom stereocenters. The number of aliphatic hydroxyl groups excluding tert-OH is 1. The summed E-state index contributed by atoms with van der Waals surface area (Å²) in [6.45, 7) is 1.71. The molecule has 0 radical (unpaired) electrons. The minimum Gasteiger partial charge on any atom is -0.493 e. The number of para-hydroxylation sites is 1. The van der Waals surface area contributed by atoms with E-state index in [1.807, 2.05) is 25.4 Å². The Labute approximate surface area is 228 Å². The third-order valence-corrected chi connectivity index (χ3v) is 6.85. The summed E-state index contributed by atoms with van der Waals surface area (Å²) in [6, 6.07) is 16.5. The van der Waals surface area contributed by atoms with Crippen molar-refractivity contribution in [2.24, 2.45) is 4.99 Å². The van der Waals surface area contributed by atoms with E-state index in [0.29, 0.717) is 34.0 Å². The Balaban J connectivity index is 1.55. The number of nitrogens with one attached hydrogen (secondary N) is 2. The quantitative estimate of drug-likeness (QED) is 0.255. The maximum Gasteiger partial charge on any atom is 0.241 e. The lowest BCUT2D eigenvalue weighted by atomic mass is 10.1. The number of benzene rings is 3. The van der Waals surface area contributed by atoms with Crippen LogP contribution in [0.15, 0.2) is 59.6 Å². The van der Waals surface area contributed by atoms with Crippen LogP contribution in [0.1, 0.15) is 34.0 Å². The van der Waals surface area contributed by atoms with Crippen LogP contribution in [0.3, 0.4) is 0 Å². The van der Waals surface area contributed by atoms with Gasteiger partial charge in [0.2, 0.25) is 5.91 Å². The third-order valence-electron chi connectivity index (χ3n) is 6.85. The van der Waals surface area contributed by atoms with Gasteiger partial charge in [0.25, 0.3) is 0 Å². The fraction of sp³-hybridized carbons (Fsp3) is 0.300. The van der Waals surface area contributed by atoms with Crippen molar-refractivity contribution < 1.29 is 24.2 Å².